The average molecular weight is 463 g/mol. The molecular weight excluding hydrogens is 427 g/mol. The molecule has 0 amide bonds. The van der Waals surface area contributed by atoms with Gasteiger partial charge in [-0.25, -0.2) is 0 Å². The standard InChI is InChI=1S/C27H35N4OP/c1-20-12-11-15-23(21(20)2)29-33(32)26-24(28-31(33)22-13-7-5-8-14-22)18-27(3,4)19-25(26)30-16-9-6-10-17-30/h5,7-8,11-15H,6,9-10,16-19H2,1-4H3,(H,29,32). The number of rotatable bonds is 4. The second-order valence-corrected chi connectivity index (χ2v) is 12.7. The van der Waals surface area contributed by atoms with Crippen molar-refractivity contribution in [3.8, 4) is 0 Å². The molecule has 1 unspecified atom stereocenters. The first-order valence-corrected chi connectivity index (χ1v) is 13.8. The van der Waals surface area contributed by atoms with Gasteiger partial charge in [0.05, 0.1) is 16.7 Å². The highest BCUT2D eigenvalue weighted by atomic mass is 31.2. The second kappa shape index (κ2) is 8.36. The summed E-state index contributed by atoms with van der Waals surface area (Å²) in [6.45, 7) is 10.9. The van der Waals surface area contributed by atoms with Gasteiger partial charge < -0.3 is 9.99 Å². The highest BCUT2D eigenvalue weighted by Gasteiger charge is 2.50. The molecule has 0 aromatic heterocycles. The van der Waals surface area contributed by atoms with Crippen molar-refractivity contribution in [2.75, 3.05) is 23.0 Å². The lowest BCUT2D eigenvalue weighted by Gasteiger charge is -2.41. The van der Waals surface area contributed by atoms with Crippen molar-refractivity contribution in [2.45, 2.75) is 59.8 Å². The number of hydrazone groups is 1. The summed E-state index contributed by atoms with van der Waals surface area (Å²) in [5.74, 6) is 0. The van der Waals surface area contributed by atoms with Gasteiger partial charge in [0, 0.05) is 24.5 Å². The van der Waals surface area contributed by atoms with Crippen molar-refractivity contribution in [3.63, 3.8) is 0 Å². The first-order valence-electron chi connectivity index (χ1n) is 12.2. The van der Waals surface area contributed by atoms with Crippen LogP contribution in [-0.2, 0) is 4.57 Å². The fourth-order valence-electron chi connectivity index (χ4n) is 5.35. The van der Waals surface area contributed by atoms with Crippen molar-refractivity contribution < 1.29 is 4.57 Å². The van der Waals surface area contributed by atoms with Gasteiger partial charge in [-0.05, 0) is 80.7 Å². The SMILES string of the molecule is Cc1cccc(NP2(=O)C3=C(N4CCCCC4)CC(C)(C)CC3=NN2c2ccccc2)c1C. The number of fused-ring (bicyclic) bond motifs is 1. The highest BCUT2D eigenvalue weighted by molar-refractivity contribution is 7.73. The predicted molar refractivity (Wildman–Crippen MR) is 139 cm³/mol. The minimum atomic E-state index is -3.26. The van der Waals surface area contributed by atoms with Gasteiger partial charge in [0.2, 0.25) is 0 Å². The van der Waals surface area contributed by atoms with E-state index in [1.165, 1.54) is 30.5 Å². The van der Waals surface area contributed by atoms with Crippen LogP contribution in [0.5, 0.6) is 0 Å². The molecule has 5 rings (SSSR count). The highest BCUT2D eigenvalue weighted by Crippen LogP contribution is 2.66. The van der Waals surface area contributed by atoms with Crippen LogP contribution < -0.4 is 9.87 Å². The molecular formula is C27H35N4OP. The Morgan fingerprint density at radius 2 is 1.67 bits per heavy atom. The first kappa shape index (κ1) is 22.3. The fourth-order valence-corrected chi connectivity index (χ4v) is 8.05. The van der Waals surface area contributed by atoms with Crippen molar-refractivity contribution >= 4 is 24.5 Å². The zero-order valence-corrected chi connectivity index (χ0v) is 21.2. The van der Waals surface area contributed by atoms with Gasteiger partial charge in [-0.2, -0.15) is 9.88 Å². The number of hydrogen-bond acceptors (Lipinski definition) is 3. The third kappa shape index (κ3) is 4.01. The number of piperidine rings is 1. The first-order chi connectivity index (χ1) is 15.8. The molecule has 0 radical (unpaired) electrons. The maximum absolute atomic E-state index is 15.2. The molecule has 0 saturated carbocycles. The van der Waals surface area contributed by atoms with Gasteiger partial charge in [-0.15, -0.1) is 0 Å². The van der Waals surface area contributed by atoms with Crippen molar-refractivity contribution in [3.05, 3.63) is 70.7 Å². The smallest absolute Gasteiger partial charge is 0.313 e. The number of nitrogens with zero attached hydrogens (tertiary/aromatic N) is 3. The topological polar surface area (TPSA) is 47.9 Å². The van der Waals surface area contributed by atoms with E-state index < -0.39 is 7.44 Å². The molecule has 1 saturated heterocycles. The molecule has 0 bridgehead atoms. The zero-order chi connectivity index (χ0) is 23.2. The van der Waals surface area contributed by atoms with E-state index in [9.17, 15) is 0 Å². The third-order valence-electron chi connectivity index (χ3n) is 7.23. The van der Waals surface area contributed by atoms with Crippen LogP contribution in [-0.4, -0.2) is 23.7 Å². The summed E-state index contributed by atoms with van der Waals surface area (Å²) in [4.78, 5) is 2.50. The van der Waals surface area contributed by atoms with Crippen LogP contribution in [0.3, 0.4) is 0 Å². The van der Waals surface area contributed by atoms with Crippen LogP contribution in [0.1, 0.15) is 57.1 Å². The number of likely N-dealkylation sites (tertiary alicyclic amines) is 1. The van der Waals surface area contributed by atoms with Crippen LogP contribution >= 0.6 is 7.44 Å². The van der Waals surface area contributed by atoms with E-state index in [4.69, 9.17) is 5.10 Å². The predicted octanol–water partition coefficient (Wildman–Crippen LogP) is 7.30. The van der Waals surface area contributed by atoms with E-state index in [-0.39, 0.29) is 5.41 Å². The lowest BCUT2D eigenvalue weighted by atomic mass is 9.78. The van der Waals surface area contributed by atoms with E-state index in [0.29, 0.717) is 0 Å². The van der Waals surface area contributed by atoms with Gasteiger partial charge in [0.15, 0.2) is 0 Å². The number of hydrogen-bond donors (Lipinski definition) is 1. The molecule has 2 heterocycles. The van der Waals surface area contributed by atoms with E-state index in [1.807, 2.05) is 42.5 Å². The van der Waals surface area contributed by atoms with E-state index >= 15 is 4.57 Å². The molecule has 2 aromatic rings. The van der Waals surface area contributed by atoms with Gasteiger partial charge in [0.1, 0.15) is 0 Å². The van der Waals surface area contributed by atoms with Gasteiger partial charge >= 0.3 is 7.44 Å². The Balaban J connectivity index is 1.70. The van der Waals surface area contributed by atoms with Crippen molar-refractivity contribution in [1.82, 2.24) is 4.90 Å². The molecule has 0 spiro atoms. The van der Waals surface area contributed by atoms with E-state index in [1.54, 1.807) is 4.78 Å². The minimum absolute atomic E-state index is 0.0892. The quantitative estimate of drug-likeness (QED) is 0.484. The van der Waals surface area contributed by atoms with E-state index in [2.05, 4.69) is 43.7 Å². The van der Waals surface area contributed by atoms with Crippen molar-refractivity contribution in [1.29, 1.82) is 0 Å². The summed E-state index contributed by atoms with van der Waals surface area (Å²) in [6.07, 6.45) is 5.43. The Morgan fingerprint density at radius 1 is 0.939 bits per heavy atom. The largest absolute Gasteiger partial charge is 0.374 e. The van der Waals surface area contributed by atoms with Gasteiger partial charge in [-0.3, -0.25) is 4.57 Å². The Bertz CT molecular complexity index is 1160. The van der Waals surface area contributed by atoms with Crippen LogP contribution in [0.4, 0.5) is 11.4 Å². The minimum Gasteiger partial charge on any atom is -0.374 e. The average Bonchev–Trinajstić information content (AvgIpc) is 3.08. The molecule has 1 aliphatic carbocycles. The summed E-state index contributed by atoms with van der Waals surface area (Å²) >= 11 is 0. The summed E-state index contributed by atoms with van der Waals surface area (Å²) < 4.78 is 17.0. The van der Waals surface area contributed by atoms with Gasteiger partial charge in [0.25, 0.3) is 0 Å². The lowest BCUT2D eigenvalue weighted by molar-refractivity contribution is 0.240. The summed E-state index contributed by atoms with van der Waals surface area (Å²) in [5.41, 5.74) is 6.42. The summed E-state index contributed by atoms with van der Waals surface area (Å²) in [6, 6.07) is 16.2. The van der Waals surface area contributed by atoms with Crippen LogP contribution in [0.15, 0.2) is 64.6 Å². The number of benzene rings is 2. The Hall–Kier alpha value is -2.52. The number of nitrogens with one attached hydrogen (secondary N) is 1. The number of para-hydroxylation sites is 1. The van der Waals surface area contributed by atoms with Crippen LogP contribution in [0.25, 0.3) is 0 Å². The molecule has 5 nitrogen and oxygen atoms in total. The molecule has 1 atom stereocenters. The van der Waals surface area contributed by atoms with Crippen LogP contribution in [0.2, 0.25) is 0 Å². The van der Waals surface area contributed by atoms with Crippen LogP contribution in [0, 0.1) is 19.3 Å². The fraction of sp³-hybridized carbons (Fsp3) is 0.444. The van der Waals surface area contributed by atoms with Gasteiger partial charge in [-0.1, -0.05) is 44.2 Å². The molecule has 33 heavy (non-hydrogen) atoms. The number of allylic oxidation sites excluding steroid dienone is 2. The monoisotopic (exact) mass is 462 g/mol. The maximum Gasteiger partial charge on any atom is 0.313 e. The Kier molecular flexibility index (Phi) is 5.64. The number of aryl methyl sites for hydroxylation is 1. The van der Waals surface area contributed by atoms with Crippen molar-refractivity contribution in [2.24, 2.45) is 10.5 Å². The number of anilines is 2. The summed E-state index contributed by atoms with van der Waals surface area (Å²) in [5, 5.41) is 9.57. The normalized spacial score (nSPS) is 24.5. The Labute approximate surface area is 198 Å². The molecule has 1 N–H and O–H groups in total. The molecule has 2 aromatic carbocycles. The van der Waals surface area contributed by atoms with E-state index in [0.717, 1.165) is 53.9 Å². The molecule has 2 aliphatic heterocycles. The second-order valence-electron chi connectivity index (χ2n) is 10.5. The lowest BCUT2D eigenvalue weighted by Crippen LogP contribution is -2.36. The zero-order valence-electron chi connectivity index (χ0n) is 20.3. The Morgan fingerprint density at radius 3 is 2.39 bits per heavy atom. The summed E-state index contributed by atoms with van der Waals surface area (Å²) in [7, 11) is -3.26. The molecule has 1 fully saturated rings. The molecule has 3 aliphatic rings. The third-order valence-corrected chi connectivity index (χ3v) is 9.75. The molecule has 6 heteroatoms. The maximum atomic E-state index is 15.2. The molecule has 174 valence electrons.